The average Bonchev–Trinajstić information content (AvgIpc) is 3.16. The fraction of sp³-hybridized carbons (Fsp3) is 0.375. The van der Waals surface area contributed by atoms with E-state index < -0.39 is 10.8 Å². The van der Waals surface area contributed by atoms with Gasteiger partial charge in [0.15, 0.2) is 0 Å². The first-order valence-electron chi connectivity index (χ1n) is 10.3. The average molecular weight is 428 g/mol. The molecule has 0 saturated heterocycles. The number of aryl methyl sites for hydroxylation is 1. The van der Waals surface area contributed by atoms with Crippen LogP contribution in [-0.4, -0.2) is 27.3 Å². The predicted octanol–water partition coefficient (Wildman–Crippen LogP) is 5.47. The fourth-order valence-electron chi connectivity index (χ4n) is 3.13. The van der Waals surface area contributed by atoms with Crippen LogP contribution in [0.4, 0.5) is 0 Å². The molecule has 0 spiro atoms. The lowest BCUT2D eigenvalue weighted by Gasteiger charge is -2.17. The second-order valence-electron chi connectivity index (χ2n) is 6.91. The van der Waals surface area contributed by atoms with Gasteiger partial charge in [0, 0.05) is 34.5 Å². The van der Waals surface area contributed by atoms with Crippen LogP contribution in [0.2, 0.25) is 0 Å². The summed E-state index contributed by atoms with van der Waals surface area (Å²) in [4.78, 5) is 4.57. The Labute approximate surface area is 180 Å². The highest BCUT2D eigenvalue weighted by Crippen LogP contribution is 2.26. The number of nitrogens with zero attached hydrogens (tertiary/aromatic N) is 1. The molecule has 0 aliphatic carbocycles. The molecular formula is C24H29NO4S. The second-order valence-corrected chi connectivity index (χ2v) is 8.78. The van der Waals surface area contributed by atoms with E-state index in [1.165, 1.54) is 0 Å². The number of aromatic nitrogens is 1. The summed E-state index contributed by atoms with van der Waals surface area (Å²) in [7, 11) is -0.788. The van der Waals surface area contributed by atoms with Crippen molar-refractivity contribution in [2.24, 2.45) is 0 Å². The van der Waals surface area contributed by atoms with Crippen molar-refractivity contribution in [3.8, 4) is 17.2 Å². The molecule has 5 nitrogen and oxygen atoms in total. The second kappa shape index (κ2) is 11.1. The fourth-order valence-corrected chi connectivity index (χ4v) is 3.89. The Morgan fingerprint density at radius 3 is 2.47 bits per heavy atom. The molecule has 0 aliphatic rings. The number of rotatable bonds is 11. The van der Waals surface area contributed by atoms with Crippen molar-refractivity contribution in [3.63, 3.8) is 0 Å². The zero-order valence-electron chi connectivity index (χ0n) is 17.8. The van der Waals surface area contributed by atoms with Crippen LogP contribution in [-0.2, 0) is 22.1 Å². The van der Waals surface area contributed by atoms with Gasteiger partial charge in [-0.3, -0.25) is 4.21 Å². The van der Waals surface area contributed by atoms with Crippen LogP contribution in [0.1, 0.15) is 43.4 Å². The molecule has 0 N–H and O–H groups in total. The smallest absolute Gasteiger partial charge is 0.226 e. The minimum atomic E-state index is -0.788. The Morgan fingerprint density at radius 1 is 1.07 bits per heavy atom. The lowest BCUT2D eigenvalue weighted by atomic mass is 10.1. The van der Waals surface area contributed by atoms with Gasteiger partial charge >= 0.3 is 0 Å². The minimum Gasteiger partial charge on any atom is -0.487 e. The van der Waals surface area contributed by atoms with Gasteiger partial charge in [-0.15, -0.1) is 0 Å². The van der Waals surface area contributed by atoms with E-state index in [0.29, 0.717) is 30.6 Å². The molecule has 1 heterocycles. The molecule has 0 radical (unpaired) electrons. The number of benzene rings is 2. The lowest BCUT2D eigenvalue weighted by molar-refractivity contribution is 0.0605. The van der Waals surface area contributed by atoms with Crippen molar-refractivity contribution in [3.05, 3.63) is 71.6 Å². The summed E-state index contributed by atoms with van der Waals surface area (Å²) < 4.78 is 29.3. The van der Waals surface area contributed by atoms with E-state index in [1.807, 2.05) is 75.4 Å². The highest BCUT2D eigenvalue weighted by Gasteiger charge is 2.14. The van der Waals surface area contributed by atoms with Crippen molar-refractivity contribution in [2.75, 3.05) is 18.1 Å². The van der Waals surface area contributed by atoms with E-state index >= 15 is 0 Å². The summed E-state index contributed by atoms with van der Waals surface area (Å²) in [6, 6.07) is 17.7. The first-order valence-corrected chi connectivity index (χ1v) is 11.8. The Kier molecular flexibility index (Phi) is 8.22. The van der Waals surface area contributed by atoms with Crippen LogP contribution < -0.4 is 4.74 Å². The van der Waals surface area contributed by atoms with Gasteiger partial charge in [0.25, 0.3) is 0 Å². The summed E-state index contributed by atoms with van der Waals surface area (Å²) in [5.41, 5.74) is 2.80. The summed E-state index contributed by atoms with van der Waals surface area (Å²) in [6.07, 6.45) is 0.695. The van der Waals surface area contributed by atoms with E-state index in [2.05, 4.69) is 4.98 Å². The lowest BCUT2D eigenvalue weighted by Crippen LogP contribution is -2.10. The molecule has 1 aromatic heterocycles. The number of hydrogen-bond donors (Lipinski definition) is 0. The van der Waals surface area contributed by atoms with Crippen molar-refractivity contribution >= 4 is 10.8 Å². The monoisotopic (exact) mass is 427 g/mol. The van der Waals surface area contributed by atoms with Crippen LogP contribution >= 0.6 is 0 Å². The van der Waals surface area contributed by atoms with Gasteiger partial charge < -0.3 is 13.9 Å². The molecule has 6 heteroatoms. The van der Waals surface area contributed by atoms with Crippen LogP contribution in [0, 0.1) is 6.92 Å². The quantitative estimate of drug-likeness (QED) is 0.406. The zero-order valence-corrected chi connectivity index (χ0v) is 18.6. The third-order valence-corrected chi connectivity index (χ3v) is 6.17. The maximum atomic E-state index is 11.8. The van der Waals surface area contributed by atoms with Gasteiger partial charge in [0.1, 0.15) is 23.8 Å². The molecule has 2 atom stereocenters. The molecular weight excluding hydrogens is 398 g/mol. The third kappa shape index (κ3) is 6.03. The van der Waals surface area contributed by atoms with Gasteiger partial charge in [0.05, 0.1) is 6.10 Å². The van der Waals surface area contributed by atoms with Gasteiger partial charge in [-0.05, 0) is 50.1 Å². The van der Waals surface area contributed by atoms with E-state index in [1.54, 1.807) is 0 Å². The number of hydrogen-bond acceptors (Lipinski definition) is 5. The Balaban J connectivity index is 1.61. The highest BCUT2D eigenvalue weighted by molar-refractivity contribution is 7.84. The van der Waals surface area contributed by atoms with Crippen LogP contribution in [0.3, 0.4) is 0 Å². The van der Waals surface area contributed by atoms with Gasteiger partial charge in [-0.2, -0.15) is 0 Å². The van der Waals surface area contributed by atoms with E-state index in [0.717, 1.165) is 34.8 Å². The summed E-state index contributed by atoms with van der Waals surface area (Å²) in [5.74, 6) is 3.44. The molecule has 2 unspecified atom stereocenters. The molecule has 0 aliphatic heterocycles. The minimum absolute atomic E-state index is 0.0502. The Hall–Kier alpha value is -2.44. The standard InChI is InChI=1S/C24H29NO4S/c1-4-27-23(15-16-30(26)5-2)19-11-13-21(14-12-19)28-17-22-18(3)29-24(25-22)20-9-7-6-8-10-20/h6-14,23H,4-5,15-17H2,1-3H3. The van der Waals surface area contributed by atoms with Crippen LogP contribution in [0.25, 0.3) is 11.5 Å². The van der Waals surface area contributed by atoms with E-state index in [9.17, 15) is 4.21 Å². The first-order chi connectivity index (χ1) is 14.6. The van der Waals surface area contributed by atoms with Crippen molar-refractivity contribution < 1.29 is 18.1 Å². The SMILES string of the molecule is CCOC(CCS(=O)CC)c1ccc(OCc2nc(-c3ccccc3)oc2C)cc1. The van der Waals surface area contributed by atoms with Gasteiger partial charge in [0.2, 0.25) is 5.89 Å². The molecule has 160 valence electrons. The van der Waals surface area contributed by atoms with Crippen LogP contribution in [0.5, 0.6) is 5.75 Å². The normalized spacial score (nSPS) is 13.2. The Morgan fingerprint density at radius 2 is 1.80 bits per heavy atom. The van der Waals surface area contributed by atoms with Crippen LogP contribution in [0.15, 0.2) is 59.0 Å². The Bertz CT molecular complexity index is 938. The summed E-state index contributed by atoms with van der Waals surface area (Å²) in [6.45, 7) is 6.78. The van der Waals surface area contributed by atoms with Crippen molar-refractivity contribution in [1.29, 1.82) is 0 Å². The number of ether oxygens (including phenoxy) is 2. The largest absolute Gasteiger partial charge is 0.487 e. The third-order valence-electron chi connectivity index (χ3n) is 4.84. The zero-order chi connectivity index (χ0) is 21.3. The maximum Gasteiger partial charge on any atom is 0.226 e. The topological polar surface area (TPSA) is 61.6 Å². The summed E-state index contributed by atoms with van der Waals surface area (Å²) >= 11 is 0. The van der Waals surface area contributed by atoms with E-state index in [-0.39, 0.29) is 6.10 Å². The molecule has 2 aromatic carbocycles. The predicted molar refractivity (Wildman–Crippen MR) is 120 cm³/mol. The van der Waals surface area contributed by atoms with Gasteiger partial charge in [-0.1, -0.05) is 37.3 Å². The molecule has 0 bridgehead atoms. The molecule has 30 heavy (non-hydrogen) atoms. The molecule has 0 saturated carbocycles. The molecule has 3 rings (SSSR count). The molecule has 0 amide bonds. The highest BCUT2D eigenvalue weighted by atomic mass is 32.2. The maximum absolute atomic E-state index is 11.8. The first kappa shape index (κ1) is 22.2. The molecule has 0 fully saturated rings. The number of oxazole rings is 1. The summed E-state index contributed by atoms with van der Waals surface area (Å²) in [5, 5.41) is 0. The van der Waals surface area contributed by atoms with Crippen molar-refractivity contribution in [1.82, 2.24) is 4.98 Å². The van der Waals surface area contributed by atoms with Gasteiger partial charge in [-0.25, -0.2) is 4.98 Å². The van der Waals surface area contributed by atoms with Crippen molar-refractivity contribution in [2.45, 2.75) is 39.9 Å². The van der Waals surface area contributed by atoms with E-state index in [4.69, 9.17) is 13.9 Å². The molecule has 3 aromatic rings.